The number of fused-ring (bicyclic) bond motifs is 3. The normalized spacial score (nSPS) is 11.9. The number of aromatic nitrogens is 1. The molecule has 0 radical (unpaired) electrons. The Hall–Kier alpha value is -3.30. The molecular formula is C24H16ClNO2. The van der Waals surface area contributed by atoms with E-state index in [2.05, 4.69) is 0 Å². The molecule has 3 nitrogen and oxygen atoms in total. The molecule has 0 aliphatic heterocycles. The van der Waals surface area contributed by atoms with Gasteiger partial charge in [0, 0.05) is 33.7 Å². The van der Waals surface area contributed by atoms with Crippen LogP contribution >= 0.6 is 11.6 Å². The predicted octanol–water partition coefficient (Wildman–Crippen LogP) is 6.05. The molecule has 0 unspecified atom stereocenters. The summed E-state index contributed by atoms with van der Waals surface area (Å²) >= 11 is 6.52. The fourth-order valence-electron chi connectivity index (χ4n) is 3.83. The van der Waals surface area contributed by atoms with Crippen molar-refractivity contribution in [1.29, 1.82) is 0 Å². The van der Waals surface area contributed by atoms with Gasteiger partial charge in [0.25, 0.3) is 0 Å². The SMILES string of the molecule is Oc1ccc(-c2cc(-c3ccccc3Cl)c3c(n2)-c2cccc(O)c2C3)cc1. The van der Waals surface area contributed by atoms with Crippen LogP contribution in [0, 0.1) is 0 Å². The van der Waals surface area contributed by atoms with Gasteiger partial charge in [-0.15, -0.1) is 0 Å². The maximum atomic E-state index is 10.4. The third kappa shape index (κ3) is 2.63. The van der Waals surface area contributed by atoms with Gasteiger partial charge in [-0.05, 0) is 53.6 Å². The molecule has 1 aromatic heterocycles. The van der Waals surface area contributed by atoms with E-state index in [0.717, 1.165) is 44.8 Å². The Labute approximate surface area is 167 Å². The summed E-state index contributed by atoms with van der Waals surface area (Å²) < 4.78 is 0. The molecule has 2 N–H and O–H groups in total. The van der Waals surface area contributed by atoms with E-state index in [1.54, 1.807) is 18.2 Å². The Morgan fingerprint density at radius 2 is 1.50 bits per heavy atom. The second-order valence-electron chi connectivity index (χ2n) is 6.89. The van der Waals surface area contributed by atoms with Gasteiger partial charge < -0.3 is 10.2 Å². The largest absolute Gasteiger partial charge is 0.508 e. The van der Waals surface area contributed by atoms with Crippen molar-refractivity contribution >= 4 is 11.6 Å². The van der Waals surface area contributed by atoms with E-state index in [4.69, 9.17) is 16.6 Å². The van der Waals surface area contributed by atoms with E-state index in [1.165, 1.54) is 0 Å². The van der Waals surface area contributed by atoms with Crippen LogP contribution in [0.2, 0.25) is 5.02 Å². The summed E-state index contributed by atoms with van der Waals surface area (Å²) in [4.78, 5) is 4.92. The van der Waals surface area contributed by atoms with Crippen LogP contribution in [0.3, 0.4) is 0 Å². The molecule has 1 aliphatic rings. The Kier molecular flexibility index (Phi) is 3.85. The van der Waals surface area contributed by atoms with Crippen molar-refractivity contribution in [2.24, 2.45) is 0 Å². The molecule has 0 spiro atoms. The van der Waals surface area contributed by atoms with Crippen molar-refractivity contribution in [1.82, 2.24) is 4.98 Å². The van der Waals surface area contributed by atoms with Crippen LogP contribution in [0.25, 0.3) is 33.6 Å². The lowest BCUT2D eigenvalue weighted by Gasteiger charge is -2.13. The molecule has 1 aliphatic carbocycles. The number of nitrogens with zero attached hydrogens (tertiary/aromatic N) is 1. The Morgan fingerprint density at radius 1 is 0.750 bits per heavy atom. The van der Waals surface area contributed by atoms with Gasteiger partial charge in [-0.2, -0.15) is 0 Å². The second-order valence-corrected chi connectivity index (χ2v) is 7.30. The molecule has 0 atom stereocenters. The quantitative estimate of drug-likeness (QED) is 0.389. The first-order valence-corrected chi connectivity index (χ1v) is 9.39. The number of aromatic hydroxyl groups is 2. The molecule has 28 heavy (non-hydrogen) atoms. The van der Waals surface area contributed by atoms with Crippen molar-refractivity contribution in [3.8, 4) is 45.1 Å². The molecule has 4 heteroatoms. The molecule has 0 fully saturated rings. The molecular weight excluding hydrogens is 370 g/mol. The van der Waals surface area contributed by atoms with Crippen LogP contribution in [-0.2, 0) is 6.42 Å². The van der Waals surface area contributed by atoms with Crippen LogP contribution in [0.4, 0.5) is 0 Å². The lowest BCUT2D eigenvalue weighted by molar-refractivity contribution is 0.470. The van der Waals surface area contributed by atoms with Crippen molar-refractivity contribution in [2.45, 2.75) is 6.42 Å². The summed E-state index contributed by atoms with van der Waals surface area (Å²) in [6.07, 6.45) is 0.612. The minimum Gasteiger partial charge on any atom is -0.508 e. The van der Waals surface area contributed by atoms with Crippen LogP contribution in [0.5, 0.6) is 11.5 Å². The number of pyridine rings is 1. The van der Waals surface area contributed by atoms with Gasteiger partial charge in [0.15, 0.2) is 0 Å². The van der Waals surface area contributed by atoms with E-state index in [1.807, 2.05) is 54.6 Å². The standard InChI is InChI=1S/C24H16ClNO2/c25-21-6-2-1-4-16(21)18-13-22(14-8-10-15(27)11-9-14)26-24-17-5-3-7-23(28)19(17)12-20(18)24/h1-11,13,27-28H,12H2. The summed E-state index contributed by atoms with van der Waals surface area (Å²) in [7, 11) is 0. The fraction of sp³-hybridized carbons (Fsp3) is 0.0417. The fourth-order valence-corrected chi connectivity index (χ4v) is 4.07. The molecule has 136 valence electrons. The number of halogens is 1. The highest BCUT2D eigenvalue weighted by molar-refractivity contribution is 6.33. The second kappa shape index (κ2) is 6.39. The van der Waals surface area contributed by atoms with Crippen molar-refractivity contribution in [3.05, 3.63) is 88.9 Å². The number of phenolic OH excluding ortho intramolecular Hbond substituents is 2. The zero-order valence-electron chi connectivity index (χ0n) is 14.9. The summed E-state index contributed by atoms with van der Waals surface area (Å²) in [6.45, 7) is 0. The lowest BCUT2D eigenvalue weighted by Crippen LogP contribution is -1.95. The summed E-state index contributed by atoms with van der Waals surface area (Å²) in [6, 6.07) is 22.3. The number of hydrogen-bond donors (Lipinski definition) is 2. The van der Waals surface area contributed by atoms with Crippen LogP contribution < -0.4 is 0 Å². The van der Waals surface area contributed by atoms with Gasteiger partial charge in [0.05, 0.1) is 11.4 Å². The molecule has 4 aromatic rings. The Bertz CT molecular complexity index is 1220. The van der Waals surface area contributed by atoms with Crippen molar-refractivity contribution in [3.63, 3.8) is 0 Å². The van der Waals surface area contributed by atoms with E-state index >= 15 is 0 Å². The minimum atomic E-state index is 0.214. The molecule has 0 saturated carbocycles. The average Bonchev–Trinajstić information content (AvgIpc) is 3.09. The highest BCUT2D eigenvalue weighted by atomic mass is 35.5. The molecule has 1 heterocycles. The zero-order chi connectivity index (χ0) is 19.3. The van der Waals surface area contributed by atoms with Gasteiger partial charge in [-0.1, -0.05) is 41.9 Å². The van der Waals surface area contributed by atoms with Gasteiger partial charge in [-0.25, -0.2) is 4.98 Å². The Balaban J connectivity index is 1.81. The highest BCUT2D eigenvalue weighted by Crippen LogP contribution is 2.46. The van der Waals surface area contributed by atoms with E-state index in [9.17, 15) is 10.2 Å². The summed E-state index contributed by atoms with van der Waals surface area (Å²) in [5, 5.41) is 20.7. The lowest BCUT2D eigenvalue weighted by atomic mass is 9.96. The summed E-state index contributed by atoms with van der Waals surface area (Å²) in [5.74, 6) is 0.498. The van der Waals surface area contributed by atoms with Crippen LogP contribution in [-0.4, -0.2) is 15.2 Å². The number of hydrogen-bond acceptors (Lipinski definition) is 3. The highest BCUT2D eigenvalue weighted by Gasteiger charge is 2.27. The van der Waals surface area contributed by atoms with Crippen molar-refractivity contribution < 1.29 is 10.2 Å². The van der Waals surface area contributed by atoms with E-state index in [-0.39, 0.29) is 11.5 Å². The van der Waals surface area contributed by atoms with Crippen LogP contribution in [0.1, 0.15) is 11.1 Å². The predicted molar refractivity (Wildman–Crippen MR) is 112 cm³/mol. The molecule has 3 aromatic carbocycles. The molecule has 5 rings (SSSR count). The third-order valence-electron chi connectivity index (χ3n) is 5.21. The first-order chi connectivity index (χ1) is 13.6. The van der Waals surface area contributed by atoms with Gasteiger partial charge >= 0.3 is 0 Å². The maximum absolute atomic E-state index is 10.4. The topological polar surface area (TPSA) is 53.4 Å². The van der Waals surface area contributed by atoms with Gasteiger partial charge in [0.1, 0.15) is 11.5 Å². The third-order valence-corrected chi connectivity index (χ3v) is 5.54. The van der Waals surface area contributed by atoms with Crippen LogP contribution in [0.15, 0.2) is 72.8 Å². The smallest absolute Gasteiger partial charge is 0.119 e. The van der Waals surface area contributed by atoms with Gasteiger partial charge in [0.2, 0.25) is 0 Å². The number of benzene rings is 3. The first kappa shape index (κ1) is 16.8. The zero-order valence-corrected chi connectivity index (χ0v) is 15.6. The van der Waals surface area contributed by atoms with Crippen molar-refractivity contribution in [2.75, 3.05) is 0 Å². The number of phenols is 2. The first-order valence-electron chi connectivity index (χ1n) is 9.01. The summed E-state index contributed by atoms with van der Waals surface area (Å²) in [5.41, 5.74) is 7.42. The van der Waals surface area contributed by atoms with Gasteiger partial charge in [-0.3, -0.25) is 0 Å². The van der Waals surface area contributed by atoms with E-state index < -0.39 is 0 Å². The maximum Gasteiger partial charge on any atom is 0.119 e. The molecule has 0 bridgehead atoms. The monoisotopic (exact) mass is 385 g/mol. The molecule has 0 saturated heterocycles. The minimum absolute atomic E-state index is 0.214. The average molecular weight is 386 g/mol. The Morgan fingerprint density at radius 3 is 2.29 bits per heavy atom. The number of rotatable bonds is 2. The molecule has 0 amide bonds. The van der Waals surface area contributed by atoms with E-state index in [0.29, 0.717) is 11.4 Å².